The molecule has 0 saturated heterocycles. The van der Waals surface area contributed by atoms with Gasteiger partial charge in [0.2, 0.25) is 5.75 Å². The molecule has 0 fully saturated rings. The number of fused-ring (bicyclic) bond motifs is 2. The summed E-state index contributed by atoms with van der Waals surface area (Å²) in [5, 5.41) is 10.7. The van der Waals surface area contributed by atoms with Crippen molar-refractivity contribution in [3.63, 3.8) is 0 Å². The van der Waals surface area contributed by atoms with E-state index in [0.717, 1.165) is 0 Å². The molecule has 0 spiro atoms. The highest BCUT2D eigenvalue weighted by Crippen LogP contribution is 2.43. The Bertz CT molecular complexity index is 904. The average molecular weight is 306 g/mol. The van der Waals surface area contributed by atoms with Crippen LogP contribution in [-0.4, -0.2) is 26.4 Å². The van der Waals surface area contributed by atoms with E-state index in [-0.39, 0.29) is 23.9 Å². The van der Waals surface area contributed by atoms with Crippen LogP contribution in [0.3, 0.4) is 0 Å². The molecule has 2 aromatic heterocycles. The van der Waals surface area contributed by atoms with Crippen LogP contribution in [0.4, 0.5) is 0 Å². The Kier molecular flexibility index (Phi) is 3.42. The maximum absolute atomic E-state index is 11.7. The molecule has 7 nitrogen and oxygen atoms in total. The van der Waals surface area contributed by atoms with Crippen LogP contribution in [0.1, 0.15) is 5.56 Å². The molecular weight excluding hydrogens is 292 g/mol. The fourth-order valence-electron chi connectivity index (χ4n) is 2.48. The molecule has 22 heavy (non-hydrogen) atoms. The summed E-state index contributed by atoms with van der Waals surface area (Å²) in [6.07, 6.45) is 0. The number of aliphatic hydroxyl groups is 1. The highest BCUT2D eigenvalue weighted by molar-refractivity contribution is 6.04. The van der Waals surface area contributed by atoms with E-state index < -0.39 is 5.63 Å². The van der Waals surface area contributed by atoms with Gasteiger partial charge in [-0.2, -0.15) is 0 Å². The highest BCUT2D eigenvalue weighted by atomic mass is 16.6. The second-order valence-corrected chi connectivity index (χ2v) is 4.53. The molecule has 0 saturated carbocycles. The molecule has 0 aliphatic rings. The van der Waals surface area contributed by atoms with Crippen molar-refractivity contribution in [2.45, 2.75) is 6.61 Å². The fourth-order valence-corrected chi connectivity index (χ4v) is 2.48. The molecule has 3 aromatic rings. The summed E-state index contributed by atoms with van der Waals surface area (Å²) >= 11 is 0. The molecule has 0 atom stereocenters. The minimum atomic E-state index is -0.567. The van der Waals surface area contributed by atoms with Gasteiger partial charge < -0.3 is 28.2 Å². The van der Waals surface area contributed by atoms with Gasteiger partial charge in [0.25, 0.3) is 5.95 Å². The van der Waals surface area contributed by atoms with Gasteiger partial charge in [0.1, 0.15) is 5.75 Å². The normalized spacial score (nSPS) is 11.1. The van der Waals surface area contributed by atoms with E-state index in [9.17, 15) is 9.90 Å². The Balaban J connectivity index is 2.55. The standard InChI is InChI=1S/C15H14O7/c1-18-10-5-11(17)21-13-8(10)4-7-9(6-16)15(20-3)22-12(7)14(13)19-2/h4-5,16H,6H2,1-3H3. The van der Waals surface area contributed by atoms with Crippen molar-refractivity contribution in [3.05, 3.63) is 28.1 Å². The van der Waals surface area contributed by atoms with Gasteiger partial charge in [-0.1, -0.05) is 0 Å². The summed E-state index contributed by atoms with van der Waals surface area (Å²) in [7, 11) is 4.32. The second-order valence-electron chi connectivity index (χ2n) is 4.53. The first-order valence-corrected chi connectivity index (χ1v) is 6.43. The number of benzene rings is 1. The van der Waals surface area contributed by atoms with Crippen molar-refractivity contribution in [2.24, 2.45) is 0 Å². The fraction of sp³-hybridized carbons (Fsp3) is 0.267. The quantitative estimate of drug-likeness (QED) is 0.737. The molecule has 0 aliphatic heterocycles. The largest absolute Gasteiger partial charge is 0.496 e. The van der Waals surface area contributed by atoms with Crippen LogP contribution in [0.15, 0.2) is 25.8 Å². The van der Waals surface area contributed by atoms with Crippen molar-refractivity contribution in [3.8, 4) is 17.4 Å². The first kappa shape index (κ1) is 14.3. The molecule has 1 N–H and O–H groups in total. The zero-order valence-electron chi connectivity index (χ0n) is 12.3. The molecule has 0 radical (unpaired) electrons. The number of ether oxygens (including phenoxy) is 3. The predicted molar refractivity (Wildman–Crippen MR) is 77.8 cm³/mol. The first-order chi connectivity index (χ1) is 10.6. The SMILES string of the molecule is COc1oc2c(OC)c3oc(=O)cc(OC)c3cc2c1CO. The number of hydrogen-bond donors (Lipinski definition) is 1. The van der Waals surface area contributed by atoms with Crippen molar-refractivity contribution < 1.29 is 28.2 Å². The van der Waals surface area contributed by atoms with Crippen LogP contribution >= 0.6 is 0 Å². The van der Waals surface area contributed by atoms with Crippen LogP contribution in [0.5, 0.6) is 17.4 Å². The van der Waals surface area contributed by atoms with E-state index in [4.69, 9.17) is 23.0 Å². The highest BCUT2D eigenvalue weighted by Gasteiger charge is 2.23. The number of furan rings is 1. The zero-order valence-corrected chi connectivity index (χ0v) is 12.3. The number of methoxy groups -OCH3 is 3. The van der Waals surface area contributed by atoms with E-state index in [0.29, 0.717) is 27.7 Å². The van der Waals surface area contributed by atoms with E-state index in [1.807, 2.05) is 0 Å². The molecule has 2 heterocycles. The maximum Gasteiger partial charge on any atom is 0.340 e. The zero-order chi connectivity index (χ0) is 15.9. The lowest BCUT2D eigenvalue weighted by atomic mass is 10.1. The topological polar surface area (TPSA) is 91.3 Å². The van der Waals surface area contributed by atoms with E-state index >= 15 is 0 Å². The summed E-state index contributed by atoms with van der Waals surface area (Å²) < 4.78 is 26.5. The Morgan fingerprint density at radius 2 is 1.73 bits per heavy atom. The minimum Gasteiger partial charge on any atom is -0.496 e. The summed E-state index contributed by atoms with van der Waals surface area (Å²) in [6.45, 7) is -0.274. The lowest BCUT2D eigenvalue weighted by Crippen LogP contribution is -2.00. The molecule has 3 rings (SSSR count). The first-order valence-electron chi connectivity index (χ1n) is 6.43. The van der Waals surface area contributed by atoms with Gasteiger partial charge in [0.15, 0.2) is 11.2 Å². The summed E-state index contributed by atoms with van der Waals surface area (Å²) in [4.78, 5) is 11.7. The van der Waals surface area contributed by atoms with Crippen LogP contribution in [0.25, 0.3) is 21.9 Å². The molecule has 0 unspecified atom stereocenters. The maximum atomic E-state index is 11.7. The molecule has 116 valence electrons. The third-order valence-electron chi connectivity index (χ3n) is 3.44. The number of aliphatic hydroxyl groups excluding tert-OH is 1. The summed E-state index contributed by atoms with van der Waals surface area (Å²) in [5.74, 6) is 0.754. The monoisotopic (exact) mass is 306 g/mol. The average Bonchev–Trinajstić information content (AvgIpc) is 2.89. The third kappa shape index (κ3) is 1.90. The van der Waals surface area contributed by atoms with Crippen LogP contribution in [-0.2, 0) is 6.61 Å². The van der Waals surface area contributed by atoms with E-state index in [1.165, 1.54) is 27.4 Å². The van der Waals surface area contributed by atoms with E-state index in [1.54, 1.807) is 6.07 Å². The van der Waals surface area contributed by atoms with Gasteiger partial charge in [-0.15, -0.1) is 0 Å². The van der Waals surface area contributed by atoms with Crippen molar-refractivity contribution >= 4 is 21.9 Å². The smallest absolute Gasteiger partial charge is 0.340 e. The van der Waals surface area contributed by atoms with Crippen LogP contribution < -0.4 is 19.8 Å². The van der Waals surface area contributed by atoms with Crippen molar-refractivity contribution in [1.82, 2.24) is 0 Å². The predicted octanol–water partition coefficient (Wildman–Crippen LogP) is 2.06. The second kappa shape index (κ2) is 5.27. The molecule has 7 heteroatoms. The van der Waals surface area contributed by atoms with Gasteiger partial charge in [0.05, 0.1) is 45.0 Å². The summed E-state index contributed by atoms with van der Waals surface area (Å²) in [6, 6.07) is 2.94. The van der Waals surface area contributed by atoms with Gasteiger partial charge in [-0.05, 0) is 6.07 Å². The van der Waals surface area contributed by atoms with Crippen LogP contribution in [0.2, 0.25) is 0 Å². The Morgan fingerprint density at radius 3 is 2.32 bits per heavy atom. The Hall–Kier alpha value is -2.67. The van der Waals surface area contributed by atoms with Crippen molar-refractivity contribution in [1.29, 1.82) is 0 Å². The van der Waals surface area contributed by atoms with Gasteiger partial charge in [-0.3, -0.25) is 0 Å². The Morgan fingerprint density at radius 1 is 1.00 bits per heavy atom. The summed E-state index contributed by atoms with van der Waals surface area (Å²) in [5.41, 5.74) is 0.446. The molecular formula is C15H14O7. The van der Waals surface area contributed by atoms with Gasteiger partial charge in [-0.25, -0.2) is 4.79 Å². The van der Waals surface area contributed by atoms with Crippen LogP contribution in [0, 0.1) is 0 Å². The molecule has 1 aromatic carbocycles. The lowest BCUT2D eigenvalue weighted by Gasteiger charge is -2.08. The van der Waals surface area contributed by atoms with E-state index in [2.05, 4.69) is 0 Å². The Labute approximate surface area is 124 Å². The third-order valence-corrected chi connectivity index (χ3v) is 3.44. The molecule has 0 aliphatic carbocycles. The van der Waals surface area contributed by atoms with Gasteiger partial charge in [0, 0.05) is 5.39 Å². The van der Waals surface area contributed by atoms with Crippen molar-refractivity contribution in [2.75, 3.05) is 21.3 Å². The molecule has 0 amide bonds. The molecule has 0 bridgehead atoms. The number of hydrogen-bond acceptors (Lipinski definition) is 7. The number of rotatable bonds is 4. The van der Waals surface area contributed by atoms with Gasteiger partial charge >= 0.3 is 5.63 Å². The lowest BCUT2D eigenvalue weighted by molar-refractivity contribution is 0.258. The minimum absolute atomic E-state index is 0.174.